The SMILES string of the molecule is Fc1cc(Cl)ccc1CNC1(CCl)CCCCC1. The van der Waals surface area contributed by atoms with Gasteiger partial charge in [0.2, 0.25) is 0 Å². The van der Waals surface area contributed by atoms with Gasteiger partial charge in [-0.3, -0.25) is 0 Å². The zero-order chi connectivity index (χ0) is 13.0. The van der Waals surface area contributed by atoms with E-state index in [-0.39, 0.29) is 11.4 Å². The van der Waals surface area contributed by atoms with E-state index >= 15 is 0 Å². The van der Waals surface area contributed by atoms with Crippen LogP contribution in [0.4, 0.5) is 4.39 Å². The van der Waals surface area contributed by atoms with Crippen molar-refractivity contribution in [3.05, 3.63) is 34.6 Å². The maximum absolute atomic E-state index is 13.7. The van der Waals surface area contributed by atoms with Crippen molar-refractivity contribution in [3.63, 3.8) is 0 Å². The van der Waals surface area contributed by atoms with Crippen molar-refractivity contribution in [1.29, 1.82) is 0 Å². The van der Waals surface area contributed by atoms with Crippen LogP contribution >= 0.6 is 23.2 Å². The first-order valence-corrected chi connectivity index (χ1v) is 7.31. The van der Waals surface area contributed by atoms with Gasteiger partial charge in [-0.2, -0.15) is 0 Å². The molecule has 0 unspecified atom stereocenters. The number of halogens is 3. The van der Waals surface area contributed by atoms with Crippen molar-refractivity contribution >= 4 is 23.2 Å². The fraction of sp³-hybridized carbons (Fsp3) is 0.571. The number of alkyl halides is 1. The van der Waals surface area contributed by atoms with Gasteiger partial charge in [-0.05, 0) is 25.0 Å². The third-order valence-electron chi connectivity index (χ3n) is 3.74. The molecule has 2 rings (SSSR count). The predicted molar refractivity (Wildman–Crippen MR) is 74.8 cm³/mol. The van der Waals surface area contributed by atoms with Gasteiger partial charge in [0.1, 0.15) is 5.82 Å². The van der Waals surface area contributed by atoms with Crippen LogP contribution in [0.25, 0.3) is 0 Å². The van der Waals surface area contributed by atoms with Crippen LogP contribution in [-0.2, 0) is 6.54 Å². The maximum Gasteiger partial charge on any atom is 0.129 e. The summed E-state index contributed by atoms with van der Waals surface area (Å²) in [5.41, 5.74) is 0.626. The van der Waals surface area contributed by atoms with Gasteiger partial charge >= 0.3 is 0 Å². The minimum atomic E-state index is -0.254. The summed E-state index contributed by atoms with van der Waals surface area (Å²) in [6.45, 7) is 0.510. The Labute approximate surface area is 118 Å². The molecule has 4 heteroatoms. The number of nitrogens with one attached hydrogen (secondary N) is 1. The summed E-state index contributed by atoms with van der Waals surface area (Å²) in [6, 6.07) is 4.80. The summed E-state index contributed by atoms with van der Waals surface area (Å²) in [5, 5.41) is 3.88. The van der Waals surface area contributed by atoms with Crippen LogP contribution in [0.5, 0.6) is 0 Å². The molecule has 1 nitrogen and oxygen atoms in total. The van der Waals surface area contributed by atoms with Crippen molar-refractivity contribution in [1.82, 2.24) is 5.32 Å². The van der Waals surface area contributed by atoms with Crippen molar-refractivity contribution in [2.75, 3.05) is 5.88 Å². The third-order valence-corrected chi connectivity index (χ3v) is 4.48. The lowest BCUT2D eigenvalue weighted by molar-refractivity contribution is 0.255. The van der Waals surface area contributed by atoms with Gasteiger partial charge in [-0.15, -0.1) is 11.6 Å². The fourth-order valence-corrected chi connectivity index (χ4v) is 3.05. The van der Waals surface area contributed by atoms with Gasteiger partial charge in [0.05, 0.1) is 0 Å². The van der Waals surface area contributed by atoms with Gasteiger partial charge in [0.25, 0.3) is 0 Å². The molecule has 0 saturated heterocycles. The smallest absolute Gasteiger partial charge is 0.129 e. The summed E-state index contributed by atoms with van der Waals surface area (Å²) < 4.78 is 13.7. The highest BCUT2D eigenvalue weighted by atomic mass is 35.5. The molecule has 1 N–H and O–H groups in total. The number of hydrogen-bond donors (Lipinski definition) is 1. The topological polar surface area (TPSA) is 12.0 Å². The number of hydrogen-bond acceptors (Lipinski definition) is 1. The lowest BCUT2D eigenvalue weighted by Crippen LogP contribution is -2.48. The molecule has 0 amide bonds. The van der Waals surface area contributed by atoms with E-state index in [1.807, 2.05) is 0 Å². The normalized spacial score (nSPS) is 18.8. The Bertz CT molecular complexity index is 403. The van der Waals surface area contributed by atoms with E-state index < -0.39 is 0 Å². The summed E-state index contributed by atoms with van der Waals surface area (Å²) in [7, 11) is 0. The predicted octanol–water partition coefficient (Wildman–Crippen LogP) is 4.51. The molecule has 0 aliphatic heterocycles. The summed E-state index contributed by atoms with van der Waals surface area (Å²) in [6.07, 6.45) is 5.82. The summed E-state index contributed by atoms with van der Waals surface area (Å²) in [5.74, 6) is 0.331. The van der Waals surface area contributed by atoms with Crippen LogP contribution in [0.1, 0.15) is 37.7 Å². The highest BCUT2D eigenvalue weighted by molar-refractivity contribution is 6.30. The Morgan fingerprint density at radius 1 is 1.22 bits per heavy atom. The summed E-state index contributed by atoms with van der Waals surface area (Å²) in [4.78, 5) is 0. The molecule has 18 heavy (non-hydrogen) atoms. The molecule has 1 fully saturated rings. The lowest BCUT2D eigenvalue weighted by Gasteiger charge is -2.36. The van der Waals surface area contributed by atoms with E-state index in [2.05, 4.69) is 5.32 Å². The average Bonchev–Trinajstić information content (AvgIpc) is 2.39. The van der Waals surface area contributed by atoms with E-state index in [0.717, 1.165) is 12.8 Å². The Balaban J connectivity index is 2.01. The summed E-state index contributed by atoms with van der Waals surface area (Å²) >= 11 is 11.8. The first kappa shape index (κ1) is 14.1. The van der Waals surface area contributed by atoms with E-state index in [4.69, 9.17) is 23.2 Å². The zero-order valence-electron chi connectivity index (χ0n) is 10.3. The first-order chi connectivity index (χ1) is 8.65. The van der Waals surface area contributed by atoms with Gasteiger partial charge in [0.15, 0.2) is 0 Å². The second kappa shape index (κ2) is 6.23. The minimum absolute atomic E-state index is 0.0219. The van der Waals surface area contributed by atoms with Crippen LogP contribution in [0.3, 0.4) is 0 Å². The molecule has 100 valence electrons. The van der Waals surface area contributed by atoms with Crippen molar-refractivity contribution < 1.29 is 4.39 Å². The number of benzene rings is 1. The second-order valence-corrected chi connectivity index (χ2v) is 5.77. The van der Waals surface area contributed by atoms with Gasteiger partial charge in [-0.1, -0.05) is 36.9 Å². The number of rotatable bonds is 4. The quantitative estimate of drug-likeness (QED) is 0.804. The highest BCUT2D eigenvalue weighted by Gasteiger charge is 2.30. The second-order valence-electron chi connectivity index (χ2n) is 5.06. The largest absolute Gasteiger partial charge is 0.306 e. The van der Waals surface area contributed by atoms with Gasteiger partial charge < -0.3 is 5.32 Å². The Morgan fingerprint density at radius 3 is 2.56 bits per heavy atom. The lowest BCUT2D eigenvalue weighted by atomic mass is 9.83. The first-order valence-electron chi connectivity index (χ1n) is 6.40. The molecule has 1 aromatic rings. The molecule has 1 saturated carbocycles. The van der Waals surface area contributed by atoms with Crippen LogP contribution in [0.2, 0.25) is 5.02 Å². The highest BCUT2D eigenvalue weighted by Crippen LogP contribution is 2.29. The molecule has 0 aromatic heterocycles. The molecular formula is C14H18Cl2FN. The maximum atomic E-state index is 13.7. The molecule has 0 radical (unpaired) electrons. The molecule has 0 spiro atoms. The minimum Gasteiger partial charge on any atom is -0.306 e. The molecule has 1 aliphatic carbocycles. The van der Waals surface area contributed by atoms with E-state index in [0.29, 0.717) is 23.0 Å². The Hall–Kier alpha value is -0.310. The standard InChI is InChI=1S/C14H18Cl2FN/c15-10-14(6-2-1-3-7-14)18-9-11-4-5-12(16)8-13(11)17/h4-5,8,18H,1-3,6-7,9-10H2. The monoisotopic (exact) mass is 289 g/mol. The zero-order valence-corrected chi connectivity index (χ0v) is 11.8. The van der Waals surface area contributed by atoms with Crippen LogP contribution in [0, 0.1) is 5.82 Å². The van der Waals surface area contributed by atoms with Crippen LogP contribution in [-0.4, -0.2) is 11.4 Å². The van der Waals surface area contributed by atoms with Gasteiger partial charge in [-0.25, -0.2) is 4.39 Å². The van der Waals surface area contributed by atoms with E-state index in [1.54, 1.807) is 12.1 Å². The Kier molecular flexibility index (Phi) is 4.88. The van der Waals surface area contributed by atoms with E-state index in [1.165, 1.54) is 25.3 Å². The van der Waals surface area contributed by atoms with Crippen molar-refractivity contribution in [2.24, 2.45) is 0 Å². The Morgan fingerprint density at radius 2 is 1.94 bits per heavy atom. The van der Waals surface area contributed by atoms with E-state index in [9.17, 15) is 4.39 Å². The molecule has 0 heterocycles. The molecule has 0 bridgehead atoms. The van der Waals surface area contributed by atoms with Crippen LogP contribution in [0.15, 0.2) is 18.2 Å². The van der Waals surface area contributed by atoms with Gasteiger partial charge in [0, 0.05) is 28.5 Å². The van der Waals surface area contributed by atoms with Crippen molar-refractivity contribution in [2.45, 2.75) is 44.2 Å². The molecule has 1 aliphatic rings. The fourth-order valence-electron chi connectivity index (χ4n) is 2.53. The molecular weight excluding hydrogens is 272 g/mol. The van der Waals surface area contributed by atoms with Crippen LogP contribution < -0.4 is 5.32 Å². The third kappa shape index (κ3) is 3.37. The van der Waals surface area contributed by atoms with Crippen molar-refractivity contribution in [3.8, 4) is 0 Å². The molecule has 0 atom stereocenters. The molecule has 1 aromatic carbocycles. The average molecular weight is 290 g/mol.